The predicted molar refractivity (Wildman–Crippen MR) is 117 cm³/mol. The van der Waals surface area contributed by atoms with Crippen LogP contribution in [0.1, 0.15) is 32.3 Å². The number of benzene rings is 2. The highest BCUT2D eigenvalue weighted by Crippen LogP contribution is 2.34. The van der Waals surface area contributed by atoms with E-state index in [0.717, 1.165) is 31.8 Å². The molecular weight excluding hydrogens is 346 g/mol. The minimum Gasteiger partial charge on any atom is -0.485 e. The fourth-order valence-corrected chi connectivity index (χ4v) is 4.09. The van der Waals surface area contributed by atoms with Gasteiger partial charge in [-0.15, -0.1) is 0 Å². The normalized spacial score (nSPS) is 16.4. The monoisotopic (exact) mass is 377 g/mol. The van der Waals surface area contributed by atoms with Crippen molar-refractivity contribution in [2.75, 3.05) is 24.5 Å². The Morgan fingerprint density at radius 3 is 2.82 bits per heavy atom. The molecule has 0 saturated carbocycles. The van der Waals surface area contributed by atoms with Gasteiger partial charge in [0.05, 0.1) is 12.2 Å². The van der Waals surface area contributed by atoms with E-state index >= 15 is 0 Å². The first-order valence-corrected chi connectivity index (χ1v) is 10.5. The van der Waals surface area contributed by atoms with E-state index in [0.29, 0.717) is 6.04 Å². The number of ether oxygens (including phenoxy) is 1. The summed E-state index contributed by atoms with van der Waals surface area (Å²) < 4.78 is 6.22. The Balaban J connectivity index is 1.21. The number of hydrogen-bond donors (Lipinski definition) is 2. The number of nitrogens with one attached hydrogen (secondary N) is 2. The van der Waals surface area contributed by atoms with Gasteiger partial charge in [-0.2, -0.15) is 0 Å². The van der Waals surface area contributed by atoms with Crippen LogP contribution in [0.25, 0.3) is 10.9 Å². The van der Waals surface area contributed by atoms with Crippen molar-refractivity contribution in [3.8, 4) is 5.75 Å². The number of H-pyrrole nitrogens is 1. The van der Waals surface area contributed by atoms with Crippen molar-refractivity contribution in [3.63, 3.8) is 0 Å². The molecule has 2 aromatic carbocycles. The summed E-state index contributed by atoms with van der Waals surface area (Å²) in [6.07, 6.45) is 5.86. The van der Waals surface area contributed by atoms with E-state index in [9.17, 15) is 0 Å². The molecule has 0 aliphatic carbocycles. The summed E-state index contributed by atoms with van der Waals surface area (Å²) in [5.41, 5.74) is 3.88. The Hall–Kier alpha value is -2.46. The first-order chi connectivity index (χ1) is 13.7. The topological polar surface area (TPSA) is 40.3 Å². The maximum absolute atomic E-state index is 6.22. The van der Waals surface area contributed by atoms with Crippen molar-refractivity contribution in [1.29, 1.82) is 0 Å². The van der Waals surface area contributed by atoms with E-state index in [1.54, 1.807) is 0 Å². The third-order valence-electron chi connectivity index (χ3n) is 5.59. The first-order valence-electron chi connectivity index (χ1n) is 10.5. The average molecular weight is 378 g/mol. The summed E-state index contributed by atoms with van der Waals surface area (Å²) in [5, 5.41) is 4.96. The lowest BCUT2D eigenvalue weighted by molar-refractivity contribution is 0.187. The minimum absolute atomic E-state index is 0.200. The molecule has 4 nitrogen and oxygen atoms in total. The lowest BCUT2D eigenvalue weighted by Crippen LogP contribution is -2.47. The van der Waals surface area contributed by atoms with Crippen molar-refractivity contribution in [1.82, 2.24) is 10.3 Å². The Kier molecular flexibility index (Phi) is 5.87. The quantitative estimate of drug-likeness (QED) is 0.556. The Morgan fingerprint density at radius 1 is 1.11 bits per heavy atom. The molecule has 0 radical (unpaired) electrons. The molecule has 3 aromatic rings. The number of aromatic amines is 1. The van der Waals surface area contributed by atoms with Crippen LogP contribution in [0.3, 0.4) is 0 Å². The van der Waals surface area contributed by atoms with Gasteiger partial charge in [-0.25, -0.2) is 0 Å². The van der Waals surface area contributed by atoms with Crippen molar-refractivity contribution in [2.45, 2.75) is 45.3 Å². The molecule has 0 spiro atoms. The molecule has 28 heavy (non-hydrogen) atoms. The third kappa shape index (κ3) is 4.17. The Labute approximate surface area is 167 Å². The lowest BCUT2D eigenvalue weighted by Gasteiger charge is -2.39. The molecule has 4 rings (SSSR count). The largest absolute Gasteiger partial charge is 0.485 e. The van der Waals surface area contributed by atoms with Crippen LogP contribution in [0.2, 0.25) is 0 Å². The van der Waals surface area contributed by atoms with Crippen LogP contribution in [-0.4, -0.2) is 36.8 Å². The zero-order chi connectivity index (χ0) is 19.3. The highest BCUT2D eigenvalue weighted by molar-refractivity contribution is 5.83. The number of aryl methyl sites for hydroxylation is 1. The number of fused-ring (bicyclic) bond motifs is 2. The van der Waals surface area contributed by atoms with Crippen molar-refractivity contribution in [3.05, 3.63) is 60.3 Å². The number of para-hydroxylation sites is 3. The molecule has 0 fully saturated rings. The molecule has 2 N–H and O–H groups in total. The van der Waals surface area contributed by atoms with Gasteiger partial charge in [0.25, 0.3) is 0 Å². The molecule has 1 atom stereocenters. The summed E-state index contributed by atoms with van der Waals surface area (Å²) in [5.74, 6) is 1.01. The summed E-state index contributed by atoms with van der Waals surface area (Å²) in [6, 6.07) is 17.4. The smallest absolute Gasteiger partial charge is 0.143 e. The molecule has 4 heteroatoms. The maximum atomic E-state index is 6.22. The van der Waals surface area contributed by atoms with Gasteiger partial charge in [0, 0.05) is 29.7 Å². The molecule has 1 aliphatic rings. The number of aromatic nitrogens is 1. The van der Waals surface area contributed by atoms with Crippen molar-refractivity contribution >= 4 is 16.6 Å². The molecule has 0 saturated heterocycles. The van der Waals surface area contributed by atoms with E-state index < -0.39 is 0 Å². The van der Waals surface area contributed by atoms with E-state index in [4.69, 9.17) is 4.74 Å². The van der Waals surface area contributed by atoms with E-state index in [-0.39, 0.29) is 6.10 Å². The molecule has 1 aromatic heterocycles. The minimum atomic E-state index is 0.200. The lowest BCUT2D eigenvalue weighted by atomic mass is 10.1. The number of anilines is 1. The molecule has 2 heterocycles. The van der Waals surface area contributed by atoms with Crippen LogP contribution in [0.4, 0.5) is 5.69 Å². The number of nitrogens with zero attached hydrogens (tertiary/aromatic N) is 1. The van der Waals surface area contributed by atoms with Gasteiger partial charge in [-0.3, -0.25) is 0 Å². The van der Waals surface area contributed by atoms with Crippen LogP contribution in [0, 0.1) is 0 Å². The van der Waals surface area contributed by atoms with Gasteiger partial charge < -0.3 is 19.9 Å². The number of hydrogen-bond acceptors (Lipinski definition) is 3. The fourth-order valence-electron chi connectivity index (χ4n) is 4.09. The van der Waals surface area contributed by atoms with Gasteiger partial charge in [0.1, 0.15) is 11.9 Å². The molecular formula is C24H31N3O. The van der Waals surface area contributed by atoms with E-state index in [1.807, 2.05) is 0 Å². The van der Waals surface area contributed by atoms with Crippen LogP contribution in [-0.2, 0) is 6.42 Å². The van der Waals surface area contributed by atoms with Gasteiger partial charge in [-0.05, 0) is 63.4 Å². The molecule has 1 aliphatic heterocycles. The van der Waals surface area contributed by atoms with Crippen molar-refractivity contribution < 1.29 is 4.74 Å². The van der Waals surface area contributed by atoms with Gasteiger partial charge in [0.2, 0.25) is 0 Å². The fraction of sp³-hybridized carbons (Fsp3) is 0.417. The second-order valence-corrected chi connectivity index (χ2v) is 7.97. The first kappa shape index (κ1) is 18.9. The average Bonchev–Trinajstić information content (AvgIpc) is 3.13. The van der Waals surface area contributed by atoms with Gasteiger partial charge in [-0.1, -0.05) is 30.3 Å². The Bertz CT molecular complexity index is 902. The second-order valence-electron chi connectivity index (χ2n) is 7.97. The standard InChI is InChI=1S/C24H31N3O/c1-18(2)27-17-20(28-24-13-6-5-12-23(24)27)16-25-14-8-7-9-19-15-26-22-11-4-3-10-21(19)22/h3-6,10-13,15,18,20,25-26H,7-9,14,16-17H2,1-2H3. The van der Waals surface area contributed by atoms with Crippen LogP contribution < -0.4 is 15.0 Å². The van der Waals surface area contributed by atoms with Crippen LogP contribution in [0.5, 0.6) is 5.75 Å². The van der Waals surface area contributed by atoms with Gasteiger partial charge >= 0.3 is 0 Å². The Morgan fingerprint density at radius 2 is 1.93 bits per heavy atom. The molecule has 148 valence electrons. The SMILES string of the molecule is CC(C)N1CC(CNCCCCc2c[nH]c3ccccc23)Oc2ccccc21. The molecule has 0 amide bonds. The zero-order valence-electron chi connectivity index (χ0n) is 16.9. The summed E-state index contributed by atoms with van der Waals surface area (Å²) >= 11 is 0. The number of unbranched alkanes of at least 4 members (excludes halogenated alkanes) is 1. The van der Waals surface area contributed by atoms with Crippen LogP contribution in [0.15, 0.2) is 54.7 Å². The van der Waals surface area contributed by atoms with E-state index in [2.05, 4.69) is 83.8 Å². The van der Waals surface area contributed by atoms with Crippen molar-refractivity contribution in [2.24, 2.45) is 0 Å². The molecule has 0 bridgehead atoms. The highest BCUT2D eigenvalue weighted by Gasteiger charge is 2.26. The predicted octanol–water partition coefficient (Wildman–Crippen LogP) is 4.76. The highest BCUT2D eigenvalue weighted by atomic mass is 16.5. The van der Waals surface area contributed by atoms with Gasteiger partial charge in [0.15, 0.2) is 0 Å². The summed E-state index contributed by atoms with van der Waals surface area (Å²) in [4.78, 5) is 5.81. The molecule has 1 unspecified atom stereocenters. The summed E-state index contributed by atoms with van der Waals surface area (Å²) in [6.45, 7) is 7.36. The number of rotatable bonds is 8. The maximum Gasteiger partial charge on any atom is 0.143 e. The zero-order valence-corrected chi connectivity index (χ0v) is 16.9. The van der Waals surface area contributed by atoms with Crippen LogP contribution >= 0.6 is 0 Å². The summed E-state index contributed by atoms with van der Waals surface area (Å²) in [7, 11) is 0. The third-order valence-corrected chi connectivity index (χ3v) is 5.59. The van der Waals surface area contributed by atoms with E-state index in [1.165, 1.54) is 35.0 Å². The second kappa shape index (κ2) is 8.70.